The molecule has 2 heterocycles. The van der Waals surface area contributed by atoms with E-state index < -0.39 is 0 Å². The topological polar surface area (TPSA) is 86.5 Å². The quantitative estimate of drug-likeness (QED) is 0.496. The lowest BCUT2D eigenvalue weighted by molar-refractivity contribution is 0.0928. The number of aromatic nitrogens is 3. The highest BCUT2D eigenvalue weighted by molar-refractivity contribution is 7.99. The van der Waals surface area contributed by atoms with Crippen molar-refractivity contribution in [3.8, 4) is 6.07 Å². The third kappa shape index (κ3) is 3.49. The molecule has 0 aliphatic heterocycles. The molecule has 5 rings (SSSR count). The normalized spacial score (nSPS) is 15.1. The zero-order valence-electron chi connectivity index (χ0n) is 17.3. The van der Waals surface area contributed by atoms with Gasteiger partial charge in [0.15, 0.2) is 0 Å². The molecule has 0 spiro atoms. The summed E-state index contributed by atoms with van der Waals surface area (Å²) in [6.07, 6.45) is 3.54. The summed E-state index contributed by atoms with van der Waals surface area (Å²) in [5.41, 5.74) is 5.63. The minimum Gasteiger partial charge on any atom is -0.344 e. The van der Waals surface area contributed by atoms with Crippen molar-refractivity contribution in [3.05, 3.63) is 76.7 Å². The first-order chi connectivity index (χ1) is 15.0. The first-order valence-corrected chi connectivity index (χ1v) is 11.0. The molecular formula is C24H21N5OS. The molecule has 1 amide bonds. The fourth-order valence-corrected chi connectivity index (χ4v) is 5.20. The lowest BCUT2D eigenvalue weighted by Crippen LogP contribution is -2.28. The Balaban J connectivity index is 1.36. The second-order valence-electron chi connectivity index (χ2n) is 7.85. The maximum Gasteiger partial charge on any atom is 0.268 e. The van der Waals surface area contributed by atoms with Crippen molar-refractivity contribution in [2.45, 2.75) is 35.6 Å². The molecule has 7 heteroatoms. The molecule has 2 N–H and O–H groups in total. The van der Waals surface area contributed by atoms with E-state index in [9.17, 15) is 4.79 Å². The third-order valence-electron chi connectivity index (χ3n) is 6.02. The number of amides is 1. The van der Waals surface area contributed by atoms with Crippen LogP contribution < -0.4 is 5.32 Å². The lowest BCUT2D eigenvalue weighted by Gasteiger charge is -2.14. The number of H-pyrrole nitrogens is 1. The van der Waals surface area contributed by atoms with Crippen LogP contribution in [0.4, 0.5) is 0 Å². The van der Waals surface area contributed by atoms with Crippen molar-refractivity contribution in [3.63, 3.8) is 0 Å². The Labute approximate surface area is 184 Å². The number of benzene rings is 2. The number of carbonyl (C=O) groups excluding carboxylic acids is 1. The van der Waals surface area contributed by atoms with Gasteiger partial charge in [-0.1, -0.05) is 17.8 Å². The first kappa shape index (κ1) is 19.5. The van der Waals surface area contributed by atoms with Crippen molar-refractivity contribution in [1.82, 2.24) is 20.1 Å². The highest BCUT2D eigenvalue weighted by atomic mass is 32.2. The molecule has 0 bridgehead atoms. The summed E-state index contributed by atoms with van der Waals surface area (Å²) in [5.74, 6) is -0.0788. The second kappa shape index (κ2) is 7.64. The van der Waals surface area contributed by atoms with Crippen LogP contribution in [0.15, 0.2) is 58.5 Å². The zero-order valence-corrected chi connectivity index (χ0v) is 18.1. The molecule has 2 aromatic heterocycles. The number of hydrogen-bond acceptors (Lipinski definition) is 4. The second-order valence-corrected chi connectivity index (χ2v) is 8.96. The predicted octanol–water partition coefficient (Wildman–Crippen LogP) is 4.65. The van der Waals surface area contributed by atoms with Gasteiger partial charge >= 0.3 is 0 Å². The minimum atomic E-state index is -0.0788. The fourth-order valence-electron chi connectivity index (χ4n) is 4.17. The molecule has 31 heavy (non-hydrogen) atoms. The highest BCUT2D eigenvalue weighted by Gasteiger charge is 2.26. The number of fused-ring (bicyclic) bond motifs is 2. The van der Waals surface area contributed by atoms with E-state index >= 15 is 0 Å². The highest BCUT2D eigenvalue weighted by Crippen LogP contribution is 2.35. The number of rotatable bonds is 4. The summed E-state index contributed by atoms with van der Waals surface area (Å²) in [6, 6.07) is 16.0. The zero-order chi connectivity index (χ0) is 21.5. The molecule has 6 nitrogen and oxygen atoms in total. The Bertz CT molecular complexity index is 1360. The van der Waals surface area contributed by atoms with Gasteiger partial charge < -0.3 is 9.88 Å². The monoisotopic (exact) mass is 427 g/mol. The largest absolute Gasteiger partial charge is 0.344 e. The van der Waals surface area contributed by atoms with Gasteiger partial charge in [0.1, 0.15) is 5.69 Å². The average molecular weight is 428 g/mol. The third-order valence-corrected chi connectivity index (χ3v) is 7.14. The van der Waals surface area contributed by atoms with Gasteiger partial charge in [-0.2, -0.15) is 10.4 Å². The Morgan fingerprint density at radius 3 is 3.00 bits per heavy atom. The van der Waals surface area contributed by atoms with Crippen molar-refractivity contribution < 1.29 is 4.79 Å². The van der Waals surface area contributed by atoms with Crippen LogP contribution in [0.1, 0.15) is 45.3 Å². The van der Waals surface area contributed by atoms with Crippen molar-refractivity contribution in [2.24, 2.45) is 7.05 Å². The van der Waals surface area contributed by atoms with E-state index in [1.54, 1.807) is 11.8 Å². The molecule has 1 aliphatic carbocycles. The number of carbonyl (C=O) groups is 1. The van der Waals surface area contributed by atoms with E-state index in [0.29, 0.717) is 11.3 Å². The van der Waals surface area contributed by atoms with Gasteiger partial charge in [0.2, 0.25) is 0 Å². The maximum atomic E-state index is 13.1. The van der Waals surface area contributed by atoms with Crippen molar-refractivity contribution in [2.75, 3.05) is 0 Å². The van der Waals surface area contributed by atoms with Gasteiger partial charge in [-0.05, 0) is 67.3 Å². The molecule has 0 fully saturated rings. The summed E-state index contributed by atoms with van der Waals surface area (Å²) in [6.45, 7) is 2.03. The van der Waals surface area contributed by atoms with E-state index in [0.717, 1.165) is 50.4 Å². The summed E-state index contributed by atoms with van der Waals surface area (Å²) in [4.78, 5) is 15.3. The van der Waals surface area contributed by atoms with Crippen LogP contribution in [0.25, 0.3) is 10.9 Å². The van der Waals surface area contributed by atoms with Gasteiger partial charge in [-0.25, -0.2) is 0 Å². The predicted molar refractivity (Wildman–Crippen MR) is 120 cm³/mol. The van der Waals surface area contributed by atoms with E-state index in [4.69, 9.17) is 5.26 Å². The van der Waals surface area contributed by atoms with Crippen LogP contribution in [0, 0.1) is 18.3 Å². The van der Waals surface area contributed by atoms with Gasteiger partial charge in [-0.3, -0.25) is 9.89 Å². The van der Waals surface area contributed by atoms with Gasteiger partial charge in [-0.15, -0.1) is 0 Å². The van der Waals surface area contributed by atoms with E-state index in [1.807, 2.05) is 55.1 Å². The SMILES string of the molecule is Cc1c(Sc2ccc3[nH]ncc3c2)cc(C(=O)NC2CCc3cc(C#N)ccc32)n1C. The van der Waals surface area contributed by atoms with Crippen LogP contribution in [0.3, 0.4) is 0 Å². The summed E-state index contributed by atoms with van der Waals surface area (Å²) >= 11 is 1.65. The number of aromatic amines is 1. The van der Waals surface area contributed by atoms with Gasteiger partial charge in [0.05, 0.1) is 29.4 Å². The Morgan fingerprint density at radius 2 is 2.16 bits per heavy atom. The van der Waals surface area contributed by atoms with Crippen LogP contribution in [0.5, 0.6) is 0 Å². The molecule has 0 saturated heterocycles. The van der Waals surface area contributed by atoms with Crippen molar-refractivity contribution in [1.29, 1.82) is 5.26 Å². The molecule has 0 radical (unpaired) electrons. The Hall–Kier alpha value is -3.50. The number of aryl methyl sites for hydroxylation is 1. The molecule has 1 aliphatic rings. The Kier molecular flexibility index (Phi) is 4.79. The van der Waals surface area contributed by atoms with Crippen LogP contribution >= 0.6 is 11.8 Å². The number of hydrogen-bond donors (Lipinski definition) is 2. The number of nitrogens with one attached hydrogen (secondary N) is 2. The van der Waals surface area contributed by atoms with E-state index in [-0.39, 0.29) is 11.9 Å². The average Bonchev–Trinajstić information content (AvgIpc) is 3.47. The van der Waals surface area contributed by atoms with Crippen LogP contribution in [0.2, 0.25) is 0 Å². The molecular weight excluding hydrogens is 406 g/mol. The number of nitriles is 1. The molecule has 154 valence electrons. The maximum absolute atomic E-state index is 13.1. The molecule has 1 unspecified atom stereocenters. The minimum absolute atomic E-state index is 0.0231. The Morgan fingerprint density at radius 1 is 1.29 bits per heavy atom. The molecule has 4 aromatic rings. The van der Waals surface area contributed by atoms with Gasteiger partial charge in [0.25, 0.3) is 5.91 Å². The summed E-state index contributed by atoms with van der Waals surface area (Å²) in [7, 11) is 1.93. The molecule has 2 aromatic carbocycles. The lowest BCUT2D eigenvalue weighted by atomic mass is 10.1. The summed E-state index contributed by atoms with van der Waals surface area (Å²) in [5, 5.41) is 20.4. The van der Waals surface area contributed by atoms with Crippen molar-refractivity contribution >= 4 is 28.6 Å². The smallest absolute Gasteiger partial charge is 0.268 e. The number of nitrogens with zero attached hydrogens (tertiary/aromatic N) is 3. The standard InChI is InChI=1S/C24H21N5OS/c1-14-23(31-18-5-8-20-17(10-18)13-26-28-20)11-22(29(14)2)24(30)27-21-7-4-16-9-15(12-25)3-6-19(16)21/h3,5-6,8-11,13,21H,4,7H2,1-2H3,(H,26,28)(H,27,30). The molecule has 0 saturated carbocycles. The fraction of sp³-hybridized carbons (Fsp3) is 0.208. The first-order valence-electron chi connectivity index (χ1n) is 10.1. The molecule has 1 atom stereocenters. The van der Waals surface area contributed by atoms with Crippen LogP contribution in [-0.4, -0.2) is 20.7 Å². The summed E-state index contributed by atoms with van der Waals surface area (Å²) < 4.78 is 1.95. The van der Waals surface area contributed by atoms with Crippen LogP contribution in [-0.2, 0) is 13.5 Å². The van der Waals surface area contributed by atoms with E-state index in [1.165, 1.54) is 0 Å². The van der Waals surface area contributed by atoms with E-state index in [2.05, 4.69) is 33.7 Å². The van der Waals surface area contributed by atoms with Gasteiger partial charge in [0, 0.05) is 27.9 Å².